The molecule has 11 nitrogen and oxygen atoms in total. The second-order valence-electron chi connectivity index (χ2n) is 3.63. The summed E-state index contributed by atoms with van der Waals surface area (Å²) in [6.45, 7) is -0.185. The van der Waals surface area contributed by atoms with Crippen LogP contribution in [0.3, 0.4) is 0 Å². The van der Waals surface area contributed by atoms with Crippen molar-refractivity contribution in [1.82, 2.24) is 25.3 Å². The van der Waals surface area contributed by atoms with E-state index in [4.69, 9.17) is 5.73 Å². The van der Waals surface area contributed by atoms with E-state index in [-0.39, 0.29) is 28.6 Å². The average molecular weight is 299 g/mol. The fourth-order valence-corrected chi connectivity index (χ4v) is 2.48. The molecule has 0 saturated heterocycles. The molecule has 20 heavy (non-hydrogen) atoms. The summed E-state index contributed by atoms with van der Waals surface area (Å²) in [6.07, 6.45) is 0. The number of hydrogen-bond acceptors (Lipinski definition) is 8. The highest BCUT2D eigenvalue weighted by Gasteiger charge is 2.20. The molecule has 106 valence electrons. The molecule has 0 aliphatic carbocycles. The van der Waals surface area contributed by atoms with Crippen LogP contribution in [0.15, 0.2) is 23.1 Å². The van der Waals surface area contributed by atoms with Gasteiger partial charge in [0, 0.05) is 12.1 Å². The van der Waals surface area contributed by atoms with Crippen molar-refractivity contribution in [2.24, 2.45) is 0 Å². The molecule has 0 bridgehead atoms. The Bertz CT molecular complexity index is 727. The molecule has 1 aromatic heterocycles. The quantitative estimate of drug-likeness (QED) is 0.364. The number of non-ortho nitro benzene ring substituents is 1. The fraction of sp³-hybridized carbons (Fsp3) is 0.125. The number of aromatic nitrogens is 4. The van der Waals surface area contributed by atoms with Gasteiger partial charge in [-0.3, -0.25) is 10.1 Å². The first-order chi connectivity index (χ1) is 9.40. The molecule has 0 amide bonds. The molecular formula is C8H9N7O4S. The predicted octanol–water partition coefficient (Wildman–Crippen LogP) is -0.831. The summed E-state index contributed by atoms with van der Waals surface area (Å²) in [5, 5.41) is 23.2. The highest BCUT2D eigenvalue weighted by molar-refractivity contribution is 7.89. The zero-order valence-corrected chi connectivity index (χ0v) is 10.7. The Hall–Kier alpha value is -2.60. The molecule has 0 atom stereocenters. The molecule has 0 spiro atoms. The van der Waals surface area contributed by atoms with Crippen molar-refractivity contribution < 1.29 is 13.3 Å². The maximum absolute atomic E-state index is 12.0. The molecule has 2 rings (SSSR count). The monoisotopic (exact) mass is 299 g/mol. The molecule has 0 aliphatic heterocycles. The van der Waals surface area contributed by atoms with Gasteiger partial charge in [0.05, 0.1) is 17.2 Å². The topological polar surface area (TPSA) is 170 Å². The predicted molar refractivity (Wildman–Crippen MR) is 65.7 cm³/mol. The Kier molecular flexibility index (Phi) is 3.58. The number of hydrogen-bond donors (Lipinski definition) is 3. The number of nitro groups is 1. The Morgan fingerprint density at radius 1 is 1.45 bits per heavy atom. The first-order valence-electron chi connectivity index (χ1n) is 5.16. The number of nitrogens with two attached hydrogens (primary N) is 1. The minimum atomic E-state index is -3.93. The van der Waals surface area contributed by atoms with Crippen LogP contribution in [-0.4, -0.2) is 34.0 Å². The standard InChI is InChI=1S/C8H9N7O4S/c9-6-3-5(15(16)17)1-2-7(6)20(18,19)10-4-8-11-13-14-12-8/h1-3,10H,4,9H2,(H,11,12,13,14). The zero-order chi connectivity index (χ0) is 14.8. The molecule has 1 heterocycles. The summed E-state index contributed by atoms with van der Waals surface area (Å²) in [4.78, 5) is 9.63. The van der Waals surface area contributed by atoms with Crippen molar-refractivity contribution in [3.05, 3.63) is 34.1 Å². The van der Waals surface area contributed by atoms with Gasteiger partial charge >= 0.3 is 0 Å². The van der Waals surface area contributed by atoms with E-state index in [9.17, 15) is 18.5 Å². The first-order valence-corrected chi connectivity index (χ1v) is 6.64. The van der Waals surface area contributed by atoms with Crippen LogP contribution in [0.1, 0.15) is 5.82 Å². The number of rotatable bonds is 5. The second kappa shape index (κ2) is 5.18. The summed E-state index contributed by atoms with van der Waals surface area (Å²) in [6, 6.07) is 3.09. The number of nitrogens with zero attached hydrogens (tertiary/aromatic N) is 4. The number of sulfonamides is 1. The number of nitrogen functional groups attached to an aromatic ring is 1. The maximum atomic E-state index is 12.0. The van der Waals surface area contributed by atoms with Gasteiger partial charge in [0.2, 0.25) is 10.0 Å². The molecule has 0 aliphatic rings. The molecular weight excluding hydrogens is 290 g/mol. The van der Waals surface area contributed by atoms with Crippen molar-refractivity contribution in [3.63, 3.8) is 0 Å². The maximum Gasteiger partial charge on any atom is 0.271 e. The number of aromatic amines is 1. The van der Waals surface area contributed by atoms with Crippen LogP contribution in [0.4, 0.5) is 11.4 Å². The SMILES string of the molecule is Nc1cc([N+](=O)[O-])ccc1S(=O)(=O)NCc1nn[nH]n1. The highest BCUT2D eigenvalue weighted by Crippen LogP contribution is 2.23. The van der Waals surface area contributed by atoms with E-state index in [1.807, 2.05) is 0 Å². The fourth-order valence-electron chi connectivity index (χ4n) is 1.39. The summed E-state index contributed by atoms with van der Waals surface area (Å²) >= 11 is 0. The Morgan fingerprint density at radius 3 is 2.75 bits per heavy atom. The largest absolute Gasteiger partial charge is 0.397 e. The molecule has 4 N–H and O–H groups in total. The lowest BCUT2D eigenvalue weighted by Crippen LogP contribution is -2.24. The van der Waals surface area contributed by atoms with Gasteiger partial charge in [0.1, 0.15) is 4.90 Å². The van der Waals surface area contributed by atoms with Gasteiger partial charge in [-0.2, -0.15) is 5.21 Å². The molecule has 2 aromatic rings. The van der Waals surface area contributed by atoms with E-state index in [0.29, 0.717) is 0 Å². The smallest absolute Gasteiger partial charge is 0.271 e. The van der Waals surface area contributed by atoms with Gasteiger partial charge in [0.25, 0.3) is 5.69 Å². The van der Waals surface area contributed by atoms with Crippen molar-refractivity contribution in [1.29, 1.82) is 0 Å². The van der Waals surface area contributed by atoms with E-state index in [2.05, 4.69) is 25.3 Å². The van der Waals surface area contributed by atoms with Crippen LogP contribution in [0, 0.1) is 10.1 Å². The Labute approximate surface area is 112 Å². The number of H-pyrrole nitrogens is 1. The third kappa shape index (κ3) is 2.86. The van der Waals surface area contributed by atoms with Crippen LogP contribution in [0.5, 0.6) is 0 Å². The van der Waals surface area contributed by atoms with Crippen LogP contribution in [0.25, 0.3) is 0 Å². The van der Waals surface area contributed by atoms with Crippen LogP contribution < -0.4 is 10.5 Å². The number of benzene rings is 1. The van der Waals surface area contributed by atoms with Gasteiger partial charge < -0.3 is 5.73 Å². The van der Waals surface area contributed by atoms with Crippen LogP contribution in [0.2, 0.25) is 0 Å². The van der Waals surface area contributed by atoms with Gasteiger partial charge in [-0.25, -0.2) is 13.1 Å². The summed E-state index contributed by atoms with van der Waals surface area (Å²) < 4.78 is 26.2. The van der Waals surface area contributed by atoms with Gasteiger partial charge in [0.15, 0.2) is 5.82 Å². The lowest BCUT2D eigenvalue weighted by atomic mass is 10.3. The van der Waals surface area contributed by atoms with E-state index >= 15 is 0 Å². The lowest BCUT2D eigenvalue weighted by Gasteiger charge is -2.07. The zero-order valence-electron chi connectivity index (χ0n) is 9.85. The first kappa shape index (κ1) is 13.8. The normalized spacial score (nSPS) is 11.4. The number of tetrazole rings is 1. The highest BCUT2D eigenvalue weighted by atomic mass is 32.2. The molecule has 12 heteroatoms. The van der Waals surface area contributed by atoms with E-state index in [1.165, 1.54) is 0 Å². The molecule has 0 fully saturated rings. The van der Waals surface area contributed by atoms with Gasteiger partial charge in [-0.1, -0.05) is 5.21 Å². The third-order valence-electron chi connectivity index (χ3n) is 2.30. The second-order valence-corrected chi connectivity index (χ2v) is 5.37. The minimum absolute atomic E-state index is 0.147. The number of anilines is 1. The average Bonchev–Trinajstić information content (AvgIpc) is 2.89. The van der Waals surface area contributed by atoms with Crippen molar-refractivity contribution in [3.8, 4) is 0 Å². The van der Waals surface area contributed by atoms with Gasteiger partial charge in [-0.15, -0.1) is 10.2 Å². The van der Waals surface area contributed by atoms with Crippen LogP contribution in [-0.2, 0) is 16.6 Å². The van der Waals surface area contributed by atoms with E-state index < -0.39 is 14.9 Å². The lowest BCUT2D eigenvalue weighted by molar-refractivity contribution is -0.384. The number of nitro benzene ring substituents is 1. The van der Waals surface area contributed by atoms with Crippen molar-refractivity contribution in [2.75, 3.05) is 5.73 Å². The molecule has 0 radical (unpaired) electrons. The van der Waals surface area contributed by atoms with Crippen molar-refractivity contribution >= 4 is 21.4 Å². The van der Waals surface area contributed by atoms with Gasteiger partial charge in [-0.05, 0) is 6.07 Å². The van der Waals surface area contributed by atoms with Crippen LogP contribution >= 0.6 is 0 Å². The van der Waals surface area contributed by atoms with Crippen molar-refractivity contribution in [2.45, 2.75) is 11.4 Å². The summed E-state index contributed by atoms with van der Waals surface area (Å²) in [5.41, 5.74) is 5.01. The summed E-state index contributed by atoms with van der Waals surface area (Å²) in [5.74, 6) is 0.147. The van der Waals surface area contributed by atoms with E-state index in [1.54, 1.807) is 0 Å². The molecule has 0 unspecified atom stereocenters. The Morgan fingerprint density at radius 2 is 2.20 bits per heavy atom. The minimum Gasteiger partial charge on any atom is -0.397 e. The Balaban J connectivity index is 2.23. The third-order valence-corrected chi connectivity index (χ3v) is 3.78. The molecule has 1 aromatic carbocycles. The molecule has 0 saturated carbocycles. The van der Waals surface area contributed by atoms with E-state index in [0.717, 1.165) is 18.2 Å². The number of nitrogens with one attached hydrogen (secondary N) is 2. The summed E-state index contributed by atoms with van der Waals surface area (Å²) in [7, 11) is -3.93.